The first-order chi connectivity index (χ1) is 7.47. The number of carbonyl (C=O) groups is 1. The molecule has 88 valence electrons. The summed E-state index contributed by atoms with van der Waals surface area (Å²) >= 11 is 5.37. The highest BCUT2D eigenvalue weighted by Crippen LogP contribution is 2.22. The average Bonchev–Trinajstić information content (AvgIpc) is 2.28. The van der Waals surface area contributed by atoms with Gasteiger partial charge in [0.15, 0.2) is 0 Å². The standard InChI is InChI=1S/C10H10ClF2NO2/c1-16-10(15)7(14)4-5-2-3-6(12)8(11)9(5)13/h2-3,7H,4,14H2,1H3. The highest BCUT2D eigenvalue weighted by Gasteiger charge is 2.18. The molecule has 0 amide bonds. The molecule has 1 atom stereocenters. The first-order valence-corrected chi connectivity index (χ1v) is 4.81. The zero-order valence-electron chi connectivity index (χ0n) is 8.47. The van der Waals surface area contributed by atoms with Crippen molar-refractivity contribution < 1.29 is 18.3 Å². The Bertz CT molecular complexity index is 412. The quantitative estimate of drug-likeness (QED) is 0.655. The fourth-order valence-electron chi connectivity index (χ4n) is 1.20. The maximum Gasteiger partial charge on any atom is 0.322 e. The molecular weight excluding hydrogens is 240 g/mol. The van der Waals surface area contributed by atoms with Gasteiger partial charge in [-0.2, -0.15) is 0 Å². The summed E-state index contributed by atoms with van der Waals surface area (Å²) in [6.07, 6.45) is -0.0987. The van der Waals surface area contributed by atoms with Crippen LogP contribution in [0.5, 0.6) is 0 Å². The van der Waals surface area contributed by atoms with Crippen LogP contribution in [-0.2, 0) is 16.0 Å². The van der Waals surface area contributed by atoms with Gasteiger partial charge in [-0.1, -0.05) is 17.7 Å². The van der Waals surface area contributed by atoms with Crippen molar-refractivity contribution in [3.05, 3.63) is 34.4 Å². The van der Waals surface area contributed by atoms with Crippen molar-refractivity contribution in [2.75, 3.05) is 7.11 Å². The molecular formula is C10H10ClF2NO2. The van der Waals surface area contributed by atoms with E-state index in [9.17, 15) is 13.6 Å². The monoisotopic (exact) mass is 249 g/mol. The van der Waals surface area contributed by atoms with E-state index in [2.05, 4.69) is 4.74 Å². The summed E-state index contributed by atoms with van der Waals surface area (Å²) in [5, 5.41) is -0.602. The third-order valence-corrected chi connectivity index (χ3v) is 2.41. The van der Waals surface area contributed by atoms with E-state index in [0.29, 0.717) is 0 Å². The molecule has 3 nitrogen and oxygen atoms in total. The molecule has 1 unspecified atom stereocenters. The molecule has 2 N–H and O–H groups in total. The zero-order valence-corrected chi connectivity index (χ0v) is 9.22. The molecule has 6 heteroatoms. The van der Waals surface area contributed by atoms with Crippen LogP contribution in [0, 0.1) is 11.6 Å². The third kappa shape index (κ3) is 2.68. The minimum Gasteiger partial charge on any atom is -0.468 e. The molecule has 0 saturated carbocycles. The van der Waals surface area contributed by atoms with Crippen molar-refractivity contribution in [3.8, 4) is 0 Å². The summed E-state index contributed by atoms with van der Waals surface area (Å²) in [4.78, 5) is 11.0. The van der Waals surface area contributed by atoms with Gasteiger partial charge in [0, 0.05) is 6.42 Å². The molecule has 0 spiro atoms. The molecule has 0 heterocycles. The number of hydrogen-bond donors (Lipinski definition) is 1. The number of benzene rings is 1. The number of hydrogen-bond acceptors (Lipinski definition) is 3. The fourth-order valence-corrected chi connectivity index (χ4v) is 1.38. The lowest BCUT2D eigenvalue weighted by molar-refractivity contribution is -0.142. The Morgan fingerprint density at radius 1 is 1.56 bits per heavy atom. The van der Waals surface area contributed by atoms with Crippen LogP contribution in [0.15, 0.2) is 12.1 Å². The second kappa shape index (κ2) is 5.23. The smallest absolute Gasteiger partial charge is 0.322 e. The van der Waals surface area contributed by atoms with Crippen molar-refractivity contribution in [1.82, 2.24) is 0 Å². The van der Waals surface area contributed by atoms with Crippen LogP contribution in [0.4, 0.5) is 8.78 Å². The van der Waals surface area contributed by atoms with Gasteiger partial charge in [-0.25, -0.2) is 8.78 Å². The highest BCUT2D eigenvalue weighted by atomic mass is 35.5. The molecule has 1 aromatic carbocycles. The second-order valence-corrected chi connectivity index (χ2v) is 3.55. The maximum absolute atomic E-state index is 13.4. The average molecular weight is 250 g/mol. The molecule has 0 aromatic heterocycles. The van der Waals surface area contributed by atoms with Crippen LogP contribution < -0.4 is 5.73 Å². The maximum atomic E-state index is 13.4. The van der Waals surface area contributed by atoms with Crippen LogP contribution in [0.1, 0.15) is 5.56 Å². The van der Waals surface area contributed by atoms with Gasteiger partial charge in [-0.15, -0.1) is 0 Å². The van der Waals surface area contributed by atoms with Gasteiger partial charge in [0.25, 0.3) is 0 Å². The Labute approximate surface area is 96.1 Å². The van der Waals surface area contributed by atoms with Gasteiger partial charge in [0.1, 0.15) is 22.7 Å². The molecule has 0 aliphatic carbocycles. The Balaban J connectivity index is 2.90. The fraction of sp³-hybridized carbons (Fsp3) is 0.300. The van der Waals surface area contributed by atoms with Crippen LogP contribution in [0.2, 0.25) is 5.02 Å². The predicted octanol–water partition coefficient (Wildman–Crippen LogP) is 1.66. The minimum absolute atomic E-state index is 0.0734. The molecule has 0 aliphatic heterocycles. The zero-order chi connectivity index (χ0) is 12.3. The first kappa shape index (κ1) is 12.9. The molecule has 16 heavy (non-hydrogen) atoms. The SMILES string of the molecule is COC(=O)C(N)Cc1ccc(F)c(Cl)c1F. The van der Waals surface area contributed by atoms with E-state index in [-0.39, 0.29) is 12.0 Å². The number of ether oxygens (including phenoxy) is 1. The molecule has 0 saturated heterocycles. The largest absolute Gasteiger partial charge is 0.468 e. The lowest BCUT2D eigenvalue weighted by atomic mass is 10.1. The Morgan fingerprint density at radius 3 is 2.75 bits per heavy atom. The molecule has 0 bridgehead atoms. The number of carbonyl (C=O) groups excluding carboxylic acids is 1. The molecule has 1 aromatic rings. The lowest BCUT2D eigenvalue weighted by Gasteiger charge is -2.10. The van der Waals surface area contributed by atoms with E-state index < -0.39 is 28.7 Å². The van der Waals surface area contributed by atoms with E-state index in [1.54, 1.807) is 0 Å². The summed E-state index contributed by atoms with van der Waals surface area (Å²) in [5.41, 5.74) is 5.51. The van der Waals surface area contributed by atoms with Crippen molar-refractivity contribution >= 4 is 17.6 Å². The Morgan fingerprint density at radius 2 is 2.19 bits per heavy atom. The van der Waals surface area contributed by atoms with Crippen molar-refractivity contribution in [3.63, 3.8) is 0 Å². The summed E-state index contributed by atoms with van der Waals surface area (Å²) in [7, 11) is 1.18. The third-order valence-electron chi connectivity index (χ3n) is 2.06. The van der Waals surface area contributed by atoms with E-state index in [4.69, 9.17) is 17.3 Å². The molecule has 0 radical (unpaired) electrons. The van der Waals surface area contributed by atoms with E-state index in [1.165, 1.54) is 13.2 Å². The lowest BCUT2D eigenvalue weighted by Crippen LogP contribution is -2.33. The normalized spacial score (nSPS) is 12.3. The first-order valence-electron chi connectivity index (χ1n) is 4.43. The van der Waals surface area contributed by atoms with Crippen LogP contribution in [0.3, 0.4) is 0 Å². The number of halogens is 3. The second-order valence-electron chi connectivity index (χ2n) is 3.17. The molecule has 0 fully saturated rings. The van der Waals surface area contributed by atoms with E-state index in [0.717, 1.165) is 6.07 Å². The summed E-state index contributed by atoms with van der Waals surface area (Å²) in [6.45, 7) is 0. The van der Waals surface area contributed by atoms with Crippen LogP contribution in [-0.4, -0.2) is 19.1 Å². The minimum atomic E-state index is -0.999. The molecule has 1 rings (SSSR count). The van der Waals surface area contributed by atoms with Gasteiger partial charge in [-0.3, -0.25) is 4.79 Å². The van der Waals surface area contributed by atoms with Gasteiger partial charge in [0.2, 0.25) is 0 Å². The Kier molecular flexibility index (Phi) is 4.20. The predicted molar refractivity (Wildman–Crippen MR) is 55.1 cm³/mol. The Hall–Kier alpha value is -1.20. The van der Waals surface area contributed by atoms with E-state index >= 15 is 0 Å². The topological polar surface area (TPSA) is 52.3 Å². The van der Waals surface area contributed by atoms with Crippen LogP contribution >= 0.6 is 11.6 Å². The number of rotatable bonds is 3. The number of nitrogens with two attached hydrogens (primary N) is 1. The number of methoxy groups -OCH3 is 1. The van der Waals surface area contributed by atoms with Crippen molar-refractivity contribution in [2.45, 2.75) is 12.5 Å². The summed E-state index contributed by atoms with van der Waals surface area (Å²) in [6, 6.07) is 1.21. The van der Waals surface area contributed by atoms with Gasteiger partial charge in [0.05, 0.1) is 7.11 Å². The molecule has 0 aliphatic rings. The van der Waals surface area contributed by atoms with E-state index in [1.807, 2.05) is 0 Å². The highest BCUT2D eigenvalue weighted by molar-refractivity contribution is 6.30. The van der Waals surface area contributed by atoms with Gasteiger partial charge >= 0.3 is 5.97 Å². The van der Waals surface area contributed by atoms with Gasteiger partial charge in [-0.05, 0) is 11.6 Å². The summed E-state index contributed by atoms with van der Waals surface area (Å²) in [5.74, 6) is -2.42. The number of esters is 1. The van der Waals surface area contributed by atoms with Crippen molar-refractivity contribution in [1.29, 1.82) is 0 Å². The van der Waals surface area contributed by atoms with Crippen molar-refractivity contribution in [2.24, 2.45) is 5.73 Å². The van der Waals surface area contributed by atoms with Gasteiger partial charge < -0.3 is 10.5 Å². The van der Waals surface area contributed by atoms with Crippen LogP contribution in [0.25, 0.3) is 0 Å². The summed E-state index contributed by atoms with van der Waals surface area (Å²) < 4.78 is 30.6.